The van der Waals surface area contributed by atoms with Crippen LogP contribution in [0.25, 0.3) is 0 Å². The quantitative estimate of drug-likeness (QED) is 0.575. The fraction of sp³-hybridized carbons (Fsp3) is 0.652. The molecule has 1 aromatic rings. The van der Waals surface area contributed by atoms with Crippen LogP contribution < -0.4 is 15.4 Å². The molecule has 2 bridgehead atoms. The van der Waals surface area contributed by atoms with Gasteiger partial charge in [0, 0.05) is 24.9 Å². The van der Waals surface area contributed by atoms with E-state index in [2.05, 4.69) is 15.5 Å². The maximum absolute atomic E-state index is 12.9. The topological polar surface area (TPSA) is 111 Å². The molecule has 3 fully saturated rings. The molecule has 168 valence electrons. The highest BCUT2D eigenvalue weighted by molar-refractivity contribution is 5.95. The van der Waals surface area contributed by atoms with Gasteiger partial charge in [0.2, 0.25) is 5.91 Å². The first-order chi connectivity index (χ1) is 14.9. The van der Waals surface area contributed by atoms with Crippen LogP contribution in [-0.2, 0) is 10.2 Å². The van der Waals surface area contributed by atoms with Crippen LogP contribution in [0.2, 0.25) is 0 Å². The van der Waals surface area contributed by atoms with Crippen molar-refractivity contribution in [1.29, 1.82) is 0 Å². The second kappa shape index (κ2) is 7.46. The maximum Gasteiger partial charge on any atom is 0.321 e. The normalized spacial score (nSPS) is 36.0. The Bertz CT molecular complexity index is 903. The summed E-state index contributed by atoms with van der Waals surface area (Å²) in [6.07, 6.45) is 3.01. The minimum Gasteiger partial charge on any atom is -0.497 e. The predicted molar refractivity (Wildman–Crippen MR) is 113 cm³/mol. The van der Waals surface area contributed by atoms with Gasteiger partial charge in [0.15, 0.2) is 0 Å². The number of carbonyl (C=O) groups is 2. The maximum atomic E-state index is 12.9. The van der Waals surface area contributed by atoms with Crippen LogP contribution in [0, 0.1) is 5.92 Å². The fourth-order valence-corrected chi connectivity index (χ4v) is 6.22. The Kier molecular flexibility index (Phi) is 4.99. The number of hydrogen-bond acceptors (Lipinski definition) is 6. The molecule has 2 saturated heterocycles. The summed E-state index contributed by atoms with van der Waals surface area (Å²) in [6.45, 7) is 1.90. The molecular formula is C23H31N3O5. The molecule has 2 heterocycles. The molecule has 1 aromatic carbocycles. The highest BCUT2D eigenvalue weighted by atomic mass is 16.5. The average Bonchev–Trinajstić information content (AvgIpc) is 3.55. The van der Waals surface area contributed by atoms with E-state index in [1.165, 1.54) is 12.8 Å². The lowest BCUT2D eigenvalue weighted by atomic mass is 9.51. The van der Waals surface area contributed by atoms with E-state index in [-0.39, 0.29) is 6.42 Å². The lowest BCUT2D eigenvalue weighted by molar-refractivity contribution is -0.190. The molecule has 4 aliphatic rings. The Morgan fingerprint density at radius 1 is 1.26 bits per heavy atom. The lowest BCUT2D eigenvalue weighted by Crippen LogP contribution is -2.73. The van der Waals surface area contributed by atoms with Crippen LogP contribution in [0.1, 0.15) is 55.8 Å². The highest BCUT2D eigenvalue weighted by Gasteiger charge is 2.65. The number of rotatable bonds is 3. The van der Waals surface area contributed by atoms with Crippen molar-refractivity contribution in [1.82, 2.24) is 15.5 Å². The molecule has 5 rings (SSSR count). The minimum absolute atomic E-state index is 0.0163. The summed E-state index contributed by atoms with van der Waals surface area (Å²) in [6, 6.07) is 4.53. The van der Waals surface area contributed by atoms with Gasteiger partial charge in [-0.25, -0.2) is 4.79 Å². The van der Waals surface area contributed by atoms with Crippen LogP contribution >= 0.6 is 0 Å². The second-order valence-corrected chi connectivity index (χ2v) is 9.62. The molecule has 2 aliphatic heterocycles. The number of urea groups is 1. The van der Waals surface area contributed by atoms with E-state index in [1.807, 2.05) is 18.2 Å². The van der Waals surface area contributed by atoms with Gasteiger partial charge in [-0.3, -0.25) is 15.0 Å². The van der Waals surface area contributed by atoms with Crippen molar-refractivity contribution in [2.45, 2.75) is 61.7 Å². The fourth-order valence-electron chi connectivity index (χ4n) is 6.22. The molecule has 4 atom stereocenters. The average molecular weight is 430 g/mol. The molecule has 2 aliphatic carbocycles. The molecule has 0 radical (unpaired) electrons. The van der Waals surface area contributed by atoms with Crippen molar-refractivity contribution in [3.63, 3.8) is 0 Å². The summed E-state index contributed by atoms with van der Waals surface area (Å²) in [7, 11) is 1.58. The zero-order chi connectivity index (χ0) is 21.8. The predicted octanol–water partition coefficient (Wildman–Crippen LogP) is 1.21. The van der Waals surface area contributed by atoms with Crippen molar-refractivity contribution in [2.24, 2.45) is 5.92 Å². The summed E-state index contributed by atoms with van der Waals surface area (Å²) < 4.78 is 5.45. The van der Waals surface area contributed by atoms with E-state index in [1.54, 1.807) is 7.11 Å². The van der Waals surface area contributed by atoms with Crippen LogP contribution in [0.3, 0.4) is 0 Å². The first kappa shape index (κ1) is 20.7. The van der Waals surface area contributed by atoms with Gasteiger partial charge in [-0.05, 0) is 67.8 Å². The van der Waals surface area contributed by atoms with Gasteiger partial charge in [-0.15, -0.1) is 0 Å². The molecule has 8 nitrogen and oxygen atoms in total. The SMILES string of the molecule is COc1ccc2c(c1)[C@]13CCN(CC4CC4)[C@H]([C@@H]2O)[C@]1(O)CCCNC(=O)NC(=O)C3. The number of fused-ring (bicyclic) bond motifs is 1. The Balaban J connectivity index is 1.68. The summed E-state index contributed by atoms with van der Waals surface area (Å²) in [5, 5.41) is 29.0. The van der Waals surface area contributed by atoms with Crippen molar-refractivity contribution in [2.75, 3.05) is 26.7 Å². The van der Waals surface area contributed by atoms with Gasteiger partial charge in [0.25, 0.3) is 0 Å². The van der Waals surface area contributed by atoms with E-state index in [0.29, 0.717) is 44.0 Å². The number of piperidine rings is 1. The van der Waals surface area contributed by atoms with Gasteiger partial charge >= 0.3 is 6.03 Å². The highest BCUT2D eigenvalue weighted by Crippen LogP contribution is 2.59. The molecule has 8 heteroatoms. The van der Waals surface area contributed by atoms with Crippen LogP contribution in [0.15, 0.2) is 18.2 Å². The summed E-state index contributed by atoms with van der Waals surface area (Å²) in [4.78, 5) is 27.2. The number of likely N-dealkylation sites (tertiary alicyclic amines) is 1. The molecule has 0 aromatic heterocycles. The van der Waals surface area contributed by atoms with E-state index in [0.717, 1.165) is 17.7 Å². The first-order valence-corrected chi connectivity index (χ1v) is 11.3. The number of ether oxygens (including phenoxy) is 1. The van der Waals surface area contributed by atoms with E-state index in [9.17, 15) is 19.8 Å². The van der Waals surface area contributed by atoms with Gasteiger partial charge in [-0.2, -0.15) is 0 Å². The lowest BCUT2D eigenvalue weighted by Gasteiger charge is -2.63. The molecule has 0 unspecified atom stereocenters. The largest absolute Gasteiger partial charge is 0.497 e. The number of methoxy groups -OCH3 is 1. The third-order valence-electron chi connectivity index (χ3n) is 7.86. The van der Waals surface area contributed by atoms with Crippen LogP contribution in [-0.4, -0.2) is 65.4 Å². The second-order valence-electron chi connectivity index (χ2n) is 9.62. The van der Waals surface area contributed by atoms with Gasteiger partial charge in [-0.1, -0.05) is 6.07 Å². The van der Waals surface area contributed by atoms with E-state index >= 15 is 0 Å². The first-order valence-electron chi connectivity index (χ1n) is 11.3. The number of hydrogen-bond donors (Lipinski definition) is 4. The zero-order valence-electron chi connectivity index (χ0n) is 17.9. The van der Waals surface area contributed by atoms with Crippen LogP contribution in [0.4, 0.5) is 4.79 Å². The third kappa shape index (κ3) is 3.23. The Morgan fingerprint density at radius 2 is 2.06 bits per heavy atom. The van der Waals surface area contributed by atoms with Crippen molar-refractivity contribution in [3.8, 4) is 5.75 Å². The molecule has 4 N–H and O–H groups in total. The summed E-state index contributed by atoms with van der Waals surface area (Å²) in [5.74, 6) is 0.817. The van der Waals surface area contributed by atoms with Crippen LogP contribution in [0.5, 0.6) is 5.75 Å². The number of nitrogens with one attached hydrogen (secondary N) is 2. The zero-order valence-corrected chi connectivity index (χ0v) is 17.9. The smallest absolute Gasteiger partial charge is 0.321 e. The van der Waals surface area contributed by atoms with E-state index in [4.69, 9.17) is 4.74 Å². The number of aliphatic hydroxyl groups is 2. The summed E-state index contributed by atoms with van der Waals surface area (Å²) in [5.41, 5.74) is -0.702. The number of carbonyl (C=O) groups excluding carboxylic acids is 2. The molecule has 3 amide bonds. The number of aliphatic hydroxyl groups excluding tert-OH is 1. The molecule has 31 heavy (non-hydrogen) atoms. The number of nitrogens with zero attached hydrogens (tertiary/aromatic N) is 1. The molecule has 1 saturated carbocycles. The number of amides is 3. The Labute approximate surface area is 181 Å². The Hall–Kier alpha value is -2.16. The molecule has 0 spiro atoms. The number of benzene rings is 1. The Morgan fingerprint density at radius 3 is 2.81 bits per heavy atom. The molecular weight excluding hydrogens is 398 g/mol. The standard InChI is InChI=1S/C23H31N3O5/c1-31-15-5-6-16-17(11-15)22-8-10-26(13-14-3-4-14)20(19(16)28)23(22,30)7-2-9-24-21(29)25-18(27)12-22/h5-6,11,14,19-20,28,30H,2-4,7-10,12-13H2,1H3,(H2,24,25,27,29)/t19-,20-,22-,23-/m1/s1. The van der Waals surface area contributed by atoms with Crippen molar-refractivity contribution >= 4 is 11.9 Å². The van der Waals surface area contributed by atoms with E-state index < -0.39 is 35.1 Å². The summed E-state index contributed by atoms with van der Waals surface area (Å²) >= 11 is 0. The van der Waals surface area contributed by atoms with Crippen molar-refractivity contribution in [3.05, 3.63) is 29.3 Å². The van der Waals surface area contributed by atoms with Crippen molar-refractivity contribution < 1.29 is 24.5 Å². The third-order valence-corrected chi connectivity index (χ3v) is 7.86. The monoisotopic (exact) mass is 429 g/mol. The minimum atomic E-state index is -1.31. The number of imide groups is 1. The van der Waals surface area contributed by atoms with Gasteiger partial charge in [0.1, 0.15) is 5.75 Å². The van der Waals surface area contributed by atoms with Gasteiger partial charge in [0.05, 0.1) is 24.9 Å². The van der Waals surface area contributed by atoms with Gasteiger partial charge < -0.3 is 20.3 Å².